The third kappa shape index (κ3) is 4.93. The quantitative estimate of drug-likeness (QED) is 0.305. The monoisotopic (exact) mass is 464 g/mol. The zero-order valence-electron chi connectivity index (χ0n) is 17.6. The van der Waals surface area contributed by atoms with Crippen LogP contribution in [0.3, 0.4) is 0 Å². The van der Waals surface area contributed by atoms with Crippen molar-refractivity contribution in [1.82, 2.24) is 4.98 Å². The Morgan fingerprint density at radius 2 is 1.81 bits per heavy atom. The zero-order chi connectivity index (χ0) is 22.5. The van der Waals surface area contributed by atoms with Crippen LogP contribution < -0.4 is 14.4 Å². The summed E-state index contributed by atoms with van der Waals surface area (Å²) in [5.74, 6) is 1.06. The highest BCUT2D eigenvalue weighted by Gasteiger charge is 2.18. The average molecular weight is 465 g/mol. The van der Waals surface area contributed by atoms with Crippen molar-refractivity contribution in [2.75, 3.05) is 19.1 Å². The molecule has 0 saturated heterocycles. The fourth-order valence-electron chi connectivity index (χ4n) is 3.22. The molecule has 32 heavy (non-hydrogen) atoms. The third-order valence-electron chi connectivity index (χ3n) is 4.85. The molecule has 1 heterocycles. The molecule has 4 rings (SSSR count). The number of rotatable bonds is 7. The van der Waals surface area contributed by atoms with Crippen molar-refractivity contribution in [3.8, 4) is 11.5 Å². The van der Waals surface area contributed by atoms with Gasteiger partial charge >= 0.3 is 0 Å². The number of anilines is 1. The van der Waals surface area contributed by atoms with E-state index in [0.717, 1.165) is 21.3 Å². The first-order valence-corrected chi connectivity index (χ1v) is 11.1. The largest absolute Gasteiger partial charge is 0.493 e. The van der Waals surface area contributed by atoms with Gasteiger partial charge in [-0.05, 0) is 47.5 Å². The molecule has 1 aromatic heterocycles. The summed E-state index contributed by atoms with van der Waals surface area (Å²) in [6, 6.07) is 20.9. The molecule has 0 spiro atoms. The number of thiazole rings is 1. The van der Waals surface area contributed by atoms with Crippen LogP contribution in [0.4, 0.5) is 5.13 Å². The highest BCUT2D eigenvalue weighted by Crippen LogP contribution is 2.32. The lowest BCUT2D eigenvalue weighted by atomic mass is 10.1. The lowest BCUT2D eigenvalue weighted by molar-refractivity contribution is -0.114. The van der Waals surface area contributed by atoms with Crippen molar-refractivity contribution >= 4 is 50.3 Å². The average Bonchev–Trinajstić information content (AvgIpc) is 3.24. The summed E-state index contributed by atoms with van der Waals surface area (Å²) >= 11 is 7.57. The van der Waals surface area contributed by atoms with Crippen LogP contribution in [-0.4, -0.2) is 25.1 Å². The molecule has 1 amide bonds. The first kappa shape index (κ1) is 21.9. The van der Waals surface area contributed by atoms with Crippen molar-refractivity contribution in [1.29, 1.82) is 0 Å². The Kier molecular flexibility index (Phi) is 6.73. The van der Waals surface area contributed by atoms with Gasteiger partial charge in [-0.2, -0.15) is 0 Å². The van der Waals surface area contributed by atoms with Crippen LogP contribution in [0.1, 0.15) is 11.1 Å². The second-order valence-corrected chi connectivity index (χ2v) is 8.41. The van der Waals surface area contributed by atoms with Crippen LogP contribution in [0.5, 0.6) is 11.5 Å². The molecule has 0 aliphatic rings. The van der Waals surface area contributed by atoms with Crippen LogP contribution in [0.25, 0.3) is 16.3 Å². The van der Waals surface area contributed by atoms with Gasteiger partial charge in [0, 0.05) is 11.1 Å². The lowest BCUT2D eigenvalue weighted by Crippen LogP contribution is -2.28. The number of aromatic nitrogens is 1. The number of fused-ring (bicyclic) bond motifs is 1. The first-order chi connectivity index (χ1) is 15.6. The van der Waals surface area contributed by atoms with E-state index in [1.54, 1.807) is 37.3 Å². The van der Waals surface area contributed by atoms with E-state index < -0.39 is 0 Å². The maximum Gasteiger partial charge on any atom is 0.253 e. The first-order valence-electron chi connectivity index (χ1n) is 9.89. The summed E-state index contributed by atoms with van der Waals surface area (Å²) in [7, 11) is 3.17. The Morgan fingerprint density at radius 3 is 2.56 bits per heavy atom. The molecule has 0 fully saturated rings. The maximum absolute atomic E-state index is 13.3. The lowest BCUT2D eigenvalue weighted by Gasteiger charge is -2.18. The molecular weight excluding hydrogens is 444 g/mol. The molecule has 162 valence electrons. The number of amides is 1. The molecule has 0 saturated carbocycles. The van der Waals surface area contributed by atoms with E-state index in [0.29, 0.717) is 28.2 Å². The molecule has 0 radical (unpaired) electrons. The Morgan fingerprint density at radius 1 is 1.03 bits per heavy atom. The summed E-state index contributed by atoms with van der Waals surface area (Å²) in [6.07, 6.45) is 3.30. The number of hydrogen-bond acceptors (Lipinski definition) is 5. The fraction of sp³-hybridized carbons (Fsp3) is 0.120. The number of carbonyl (C=O) groups is 1. The van der Waals surface area contributed by atoms with Crippen molar-refractivity contribution in [3.63, 3.8) is 0 Å². The van der Waals surface area contributed by atoms with E-state index >= 15 is 0 Å². The Hall–Kier alpha value is -3.35. The minimum atomic E-state index is -0.172. The van der Waals surface area contributed by atoms with Crippen molar-refractivity contribution in [3.05, 3.63) is 89.0 Å². The third-order valence-corrected chi connectivity index (χ3v) is 6.12. The summed E-state index contributed by atoms with van der Waals surface area (Å²) in [5.41, 5.74) is 2.65. The highest BCUT2D eigenvalue weighted by atomic mass is 35.5. The van der Waals surface area contributed by atoms with Gasteiger partial charge in [-0.1, -0.05) is 59.3 Å². The standard InChI is InChI=1S/C25H21ClN2O3S/c1-30-21-12-8-17(14-22(21)31-2)9-13-24(29)28(16-18-6-4-3-5-7-18)25-27-20-11-10-19(26)15-23(20)32-25/h3-15H,16H2,1-2H3/b13-9+. The van der Waals surface area contributed by atoms with E-state index in [1.807, 2.05) is 60.7 Å². The van der Waals surface area contributed by atoms with Gasteiger partial charge in [0.25, 0.3) is 5.91 Å². The molecule has 4 aromatic rings. The van der Waals surface area contributed by atoms with Gasteiger partial charge in [0.2, 0.25) is 0 Å². The van der Waals surface area contributed by atoms with Crippen molar-refractivity contribution in [2.45, 2.75) is 6.54 Å². The van der Waals surface area contributed by atoms with Crippen LogP contribution in [0.2, 0.25) is 5.02 Å². The zero-order valence-corrected chi connectivity index (χ0v) is 19.2. The van der Waals surface area contributed by atoms with Gasteiger partial charge in [0.1, 0.15) is 0 Å². The molecule has 0 aliphatic heterocycles. The van der Waals surface area contributed by atoms with Crippen LogP contribution in [0.15, 0.2) is 72.8 Å². The van der Waals surface area contributed by atoms with E-state index in [2.05, 4.69) is 4.98 Å². The number of hydrogen-bond donors (Lipinski definition) is 0. The predicted octanol–water partition coefficient (Wildman–Crippen LogP) is 6.21. The van der Waals surface area contributed by atoms with E-state index in [9.17, 15) is 4.79 Å². The maximum atomic E-state index is 13.3. The second-order valence-electron chi connectivity index (χ2n) is 6.97. The summed E-state index contributed by atoms with van der Waals surface area (Å²) in [4.78, 5) is 19.6. The topological polar surface area (TPSA) is 51.7 Å². The molecule has 0 atom stereocenters. The van der Waals surface area contributed by atoms with E-state index in [4.69, 9.17) is 21.1 Å². The number of carbonyl (C=O) groups excluding carboxylic acids is 1. The molecule has 0 aliphatic carbocycles. The number of ether oxygens (including phenoxy) is 2. The van der Waals surface area contributed by atoms with Gasteiger partial charge < -0.3 is 9.47 Å². The minimum absolute atomic E-state index is 0.172. The van der Waals surface area contributed by atoms with Crippen LogP contribution >= 0.6 is 22.9 Å². The molecule has 3 aromatic carbocycles. The second kappa shape index (κ2) is 9.85. The summed E-state index contributed by atoms with van der Waals surface area (Å²) < 4.78 is 11.6. The number of halogens is 1. The Labute approximate surface area is 195 Å². The van der Waals surface area contributed by atoms with E-state index in [-0.39, 0.29) is 5.91 Å². The number of benzene rings is 3. The predicted molar refractivity (Wildman–Crippen MR) is 131 cm³/mol. The molecule has 0 N–H and O–H groups in total. The molecule has 7 heteroatoms. The highest BCUT2D eigenvalue weighted by molar-refractivity contribution is 7.22. The van der Waals surface area contributed by atoms with Gasteiger partial charge in [0.05, 0.1) is 31.0 Å². The van der Waals surface area contributed by atoms with Gasteiger partial charge in [-0.15, -0.1) is 0 Å². The van der Waals surface area contributed by atoms with Crippen LogP contribution in [0, 0.1) is 0 Å². The molecule has 0 unspecified atom stereocenters. The van der Waals surface area contributed by atoms with Gasteiger partial charge in [-0.25, -0.2) is 4.98 Å². The molecular formula is C25H21ClN2O3S. The Balaban J connectivity index is 1.65. The summed E-state index contributed by atoms with van der Waals surface area (Å²) in [5, 5.41) is 1.26. The molecule has 5 nitrogen and oxygen atoms in total. The summed E-state index contributed by atoms with van der Waals surface area (Å²) in [6.45, 7) is 0.406. The van der Waals surface area contributed by atoms with Crippen molar-refractivity contribution in [2.24, 2.45) is 0 Å². The van der Waals surface area contributed by atoms with Gasteiger partial charge in [0.15, 0.2) is 16.6 Å². The van der Waals surface area contributed by atoms with Crippen LogP contribution in [-0.2, 0) is 11.3 Å². The van der Waals surface area contributed by atoms with E-state index in [1.165, 1.54) is 11.3 Å². The smallest absolute Gasteiger partial charge is 0.253 e. The van der Waals surface area contributed by atoms with Crippen molar-refractivity contribution < 1.29 is 14.3 Å². The number of methoxy groups -OCH3 is 2. The number of nitrogens with zero attached hydrogens (tertiary/aromatic N) is 2. The SMILES string of the molecule is COc1ccc(/C=C/C(=O)N(Cc2ccccc2)c2nc3ccc(Cl)cc3s2)cc1OC. The van der Waals surface area contributed by atoms with Gasteiger partial charge in [-0.3, -0.25) is 9.69 Å². The Bertz CT molecular complexity index is 1270. The fourth-order valence-corrected chi connectivity index (χ4v) is 4.47. The molecule has 0 bridgehead atoms. The minimum Gasteiger partial charge on any atom is -0.493 e. The normalized spacial score (nSPS) is 11.1.